The summed E-state index contributed by atoms with van der Waals surface area (Å²) < 4.78 is 5.39. The summed E-state index contributed by atoms with van der Waals surface area (Å²) in [5.41, 5.74) is 0.562. The molecule has 0 aromatic rings. The third-order valence-corrected chi connectivity index (χ3v) is 3.90. The van der Waals surface area contributed by atoms with Crippen molar-refractivity contribution in [3.63, 3.8) is 0 Å². The van der Waals surface area contributed by atoms with Crippen molar-refractivity contribution in [1.29, 1.82) is 0 Å². The quantitative estimate of drug-likeness (QED) is 0.484. The van der Waals surface area contributed by atoms with Crippen LogP contribution in [0.5, 0.6) is 0 Å². The molecule has 4 nitrogen and oxygen atoms in total. The highest BCUT2D eigenvalue weighted by Gasteiger charge is 2.24. The predicted octanol–water partition coefficient (Wildman–Crippen LogP) is 2.79. The summed E-state index contributed by atoms with van der Waals surface area (Å²) >= 11 is 0. The molecule has 0 heterocycles. The Balaban J connectivity index is 4.27. The van der Waals surface area contributed by atoms with E-state index in [0.29, 0.717) is 18.6 Å². The smallest absolute Gasteiger partial charge is 0.333 e. The van der Waals surface area contributed by atoms with Gasteiger partial charge in [-0.1, -0.05) is 20.4 Å². The topological polar surface area (TPSA) is 32.8 Å². The molecule has 0 aliphatic carbocycles. The van der Waals surface area contributed by atoms with Gasteiger partial charge < -0.3 is 14.5 Å². The molecule has 4 heteroatoms. The van der Waals surface area contributed by atoms with E-state index in [1.54, 1.807) is 0 Å². The van der Waals surface area contributed by atoms with Gasteiger partial charge in [0.25, 0.3) is 0 Å². The second-order valence-electron chi connectivity index (χ2n) is 7.79. The van der Waals surface area contributed by atoms with E-state index in [0.717, 1.165) is 13.0 Å². The summed E-state index contributed by atoms with van der Waals surface area (Å²) in [4.78, 5) is 16.2. The Kier molecular flexibility index (Phi) is 7.62. The molecule has 0 bridgehead atoms. The minimum absolute atomic E-state index is 0.162. The van der Waals surface area contributed by atoms with Crippen LogP contribution in [0.2, 0.25) is 0 Å². The number of carbonyl (C=O) groups excluding carboxylic acids is 1. The Hall–Kier alpha value is -0.870. The molecule has 0 aromatic heterocycles. The molecule has 0 radical (unpaired) electrons. The fourth-order valence-electron chi connectivity index (χ4n) is 2.00. The number of nitrogens with zero attached hydrogens (tertiary/aromatic N) is 2. The van der Waals surface area contributed by atoms with Crippen molar-refractivity contribution in [3.8, 4) is 0 Å². The second kappa shape index (κ2) is 7.95. The Morgan fingerprint density at radius 2 is 1.62 bits per heavy atom. The molecule has 0 fully saturated rings. The zero-order valence-electron chi connectivity index (χ0n) is 15.2. The van der Waals surface area contributed by atoms with Gasteiger partial charge in [0.1, 0.15) is 6.61 Å². The number of esters is 1. The van der Waals surface area contributed by atoms with Gasteiger partial charge in [-0.05, 0) is 60.3 Å². The first kappa shape index (κ1) is 20.1. The van der Waals surface area contributed by atoms with E-state index in [9.17, 15) is 4.79 Å². The number of carbonyl (C=O) groups is 1. The molecule has 0 saturated carbocycles. The highest BCUT2D eigenvalue weighted by atomic mass is 16.5. The average Bonchev–Trinajstić information content (AvgIpc) is 2.31. The van der Waals surface area contributed by atoms with Crippen molar-refractivity contribution in [2.24, 2.45) is 5.41 Å². The maximum absolute atomic E-state index is 12.0. The first-order chi connectivity index (χ1) is 9.37. The van der Waals surface area contributed by atoms with E-state index < -0.39 is 0 Å². The number of rotatable bonds is 9. The van der Waals surface area contributed by atoms with Crippen molar-refractivity contribution < 1.29 is 9.53 Å². The van der Waals surface area contributed by atoms with Crippen molar-refractivity contribution >= 4 is 5.97 Å². The summed E-state index contributed by atoms with van der Waals surface area (Å²) in [7, 11) is 8.08. The lowest BCUT2D eigenvalue weighted by Crippen LogP contribution is -2.43. The number of likely N-dealkylation sites (N-methyl/N-ethyl adjacent to an activating group) is 1. The fourth-order valence-corrected chi connectivity index (χ4v) is 2.00. The van der Waals surface area contributed by atoms with Gasteiger partial charge >= 0.3 is 5.97 Å². The van der Waals surface area contributed by atoms with E-state index in [2.05, 4.69) is 39.4 Å². The first-order valence-electron chi connectivity index (χ1n) is 7.54. The van der Waals surface area contributed by atoms with Gasteiger partial charge in [0.05, 0.1) is 0 Å². The molecule has 21 heavy (non-hydrogen) atoms. The SMILES string of the molecule is C=C(CCC(C)(C)CN(C)C)C(=O)OCC(C)(C)N(C)C. The lowest BCUT2D eigenvalue weighted by Gasteiger charge is -2.32. The van der Waals surface area contributed by atoms with Gasteiger partial charge in [0.2, 0.25) is 0 Å². The molecule has 0 aliphatic heterocycles. The van der Waals surface area contributed by atoms with Crippen LogP contribution in [-0.2, 0) is 9.53 Å². The minimum Gasteiger partial charge on any atom is -0.460 e. The molecular formula is C17H34N2O2. The van der Waals surface area contributed by atoms with Crippen LogP contribution in [0.3, 0.4) is 0 Å². The maximum atomic E-state index is 12.0. The Bertz CT molecular complexity index is 358. The lowest BCUT2D eigenvalue weighted by atomic mass is 9.86. The molecule has 0 aromatic carbocycles. The summed E-state index contributed by atoms with van der Waals surface area (Å²) in [5, 5.41) is 0. The van der Waals surface area contributed by atoms with E-state index in [1.807, 2.05) is 32.8 Å². The van der Waals surface area contributed by atoms with Crippen LogP contribution in [0.4, 0.5) is 0 Å². The van der Waals surface area contributed by atoms with Crippen molar-refractivity contribution in [3.05, 3.63) is 12.2 Å². The van der Waals surface area contributed by atoms with Crippen molar-refractivity contribution in [2.75, 3.05) is 41.3 Å². The molecule has 0 unspecified atom stereocenters. The van der Waals surface area contributed by atoms with Crippen LogP contribution in [0.15, 0.2) is 12.2 Å². The summed E-state index contributed by atoms with van der Waals surface area (Å²) in [6.45, 7) is 13.8. The molecule has 0 amide bonds. The molecule has 0 aliphatic rings. The van der Waals surface area contributed by atoms with Crippen LogP contribution < -0.4 is 0 Å². The number of hydrogen-bond acceptors (Lipinski definition) is 4. The molecule has 0 atom stereocenters. The van der Waals surface area contributed by atoms with Crippen LogP contribution in [-0.4, -0.2) is 62.7 Å². The Labute approximate surface area is 131 Å². The standard InChI is InChI=1S/C17H34N2O2/c1-14(10-11-16(2,3)12-18(6)7)15(20)21-13-17(4,5)19(8)9/h1,10-13H2,2-9H3. The number of hydrogen-bond donors (Lipinski definition) is 0. The molecule has 0 N–H and O–H groups in total. The molecule has 124 valence electrons. The van der Waals surface area contributed by atoms with Gasteiger partial charge in [-0.15, -0.1) is 0 Å². The third kappa shape index (κ3) is 8.22. The van der Waals surface area contributed by atoms with Crippen LogP contribution in [0.1, 0.15) is 40.5 Å². The zero-order chi connectivity index (χ0) is 16.8. The molecule has 0 spiro atoms. The van der Waals surface area contributed by atoms with Crippen molar-refractivity contribution in [1.82, 2.24) is 9.80 Å². The van der Waals surface area contributed by atoms with Gasteiger partial charge in [0, 0.05) is 17.7 Å². The lowest BCUT2D eigenvalue weighted by molar-refractivity contribution is -0.142. The van der Waals surface area contributed by atoms with Gasteiger partial charge in [-0.3, -0.25) is 0 Å². The van der Waals surface area contributed by atoms with E-state index in [-0.39, 0.29) is 16.9 Å². The van der Waals surface area contributed by atoms with Gasteiger partial charge in [-0.25, -0.2) is 4.79 Å². The zero-order valence-corrected chi connectivity index (χ0v) is 15.2. The van der Waals surface area contributed by atoms with Crippen molar-refractivity contribution in [2.45, 2.75) is 46.1 Å². The third-order valence-electron chi connectivity index (χ3n) is 3.90. The Morgan fingerprint density at radius 3 is 2.05 bits per heavy atom. The first-order valence-corrected chi connectivity index (χ1v) is 7.54. The average molecular weight is 298 g/mol. The summed E-state index contributed by atoms with van der Waals surface area (Å²) in [5.74, 6) is -0.273. The Morgan fingerprint density at radius 1 is 1.10 bits per heavy atom. The van der Waals surface area contributed by atoms with Crippen LogP contribution in [0, 0.1) is 5.41 Å². The normalized spacial score (nSPS) is 12.9. The van der Waals surface area contributed by atoms with Crippen LogP contribution >= 0.6 is 0 Å². The fraction of sp³-hybridized carbons (Fsp3) is 0.824. The predicted molar refractivity (Wildman–Crippen MR) is 89.4 cm³/mol. The van der Waals surface area contributed by atoms with E-state index in [1.165, 1.54) is 0 Å². The molecule has 0 saturated heterocycles. The maximum Gasteiger partial charge on any atom is 0.333 e. The molecule has 0 rings (SSSR count). The second-order valence-corrected chi connectivity index (χ2v) is 7.79. The summed E-state index contributed by atoms with van der Waals surface area (Å²) in [6.07, 6.45) is 1.61. The minimum atomic E-state index is -0.273. The summed E-state index contributed by atoms with van der Waals surface area (Å²) in [6, 6.07) is 0. The van der Waals surface area contributed by atoms with E-state index >= 15 is 0 Å². The van der Waals surface area contributed by atoms with E-state index in [4.69, 9.17) is 4.74 Å². The largest absolute Gasteiger partial charge is 0.460 e. The van der Waals surface area contributed by atoms with Gasteiger partial charge in [0.15, 0.2) is 0 Å². The van der Waals surface area contributed by atoms with Gasteiger partial charge in [-0.2, -0.15) is 0 Å². The monoisotopic (exact) mass is 298 g/mol. The highest BCUT2D eigenvalue weighted by Crippen LogP contribution is 2.25. The molecular weight excluding hydrogens is 264 g/mol. The number of ether oxygens (including phenoxy) is 1. The van der Waals surface area contributed by atoms with Crippen LogP contribution in [0.25, 0.3) is 0 Å². The highest BCUT2D eigenvalue weighted by molar-refractivity contribution is 5.87.